The number of nitrogen functional groups attached to an aromatic ring is 1. The number of hydrogen-bond acceptors (Lipinski definition) is 4. The molecule has 0 unspecified atom stereocenters. The van der Waals surface area contributed by atoms with Crippen LogP contribution in [-0.2, 0) is 0 Å². The minimum absolute atomic E-state index is 0.00694. The van der Waals surface area contributed by atoms with E-state index in [2.05, 4.69) is 35.4 Å². The van der Waals surface area contributed by atoms with Gasteiger partial charge < -0.3 is 16.4 Å². The number of hydrogen-bond donors (Lipinski definition) is 3. The molecule has 0 saturated carbocycles. The van der Waals surface area contributed by atoms with Crippen LogP contribution < -0.4 is 16.4 Å². The SMILES string of the molecule is C=C.C=C(NC)c1ccnc2c(N)cccc12.FC1(F)CCNC1. The van der Waals surface area contributed by atoms with Crippen LogP contribution in [0.25, 0.3) is 16.6 Å². The number of halogens is 2. The van der Waals surface area contributed by atoms with Gasteiger partial charge >= 0.3 is 0 Å². The summed E-state index contributed by atoms with van der Waals surface area (Å²) >= 11 is 0. The molecule has 6 heteroatoms. The molecule has 24 heavy (non-hydrogen) atoms. The second-order valence-corrected chi connectivity index (χ2v) is 5.11. The highest BCUT2D eigenvalue weighted by Crippen LogP contribution is 2.24. The number of fused-ring (bicyclic) bond motifs is 1. The van der Waals surface area contributed by atoms with Gasteiger partial charge in [-0.2, -0.15) is 0 Å². The van der Waals surface area contributed by atoms with Crippen LogP contribution in [0, 0.1) is 0 Å². The Hall–Kier alpha value is -2.47. The number of alkyl halides is 2. The molecule has 0 spiro atoms. The van der Waals surface area contributed by atoms with Gasteiger partial charge in [-0.15, -0.1) is 13.2 Å². The molecule has 1 aromatic heterocycles. The number of rotatable bonds is 2. The van der Waals surface area contributed by atoms with Gasteiger partial charge in [-0.05, 0) is 12.1 Å². The maximum atomic E-state index is 11.9. The van der Waals surface area contributed by atoms with E-state index in [1.54, 1.807) is 6.20 Å². The minimum atomic E-state index is -2.42. The zero-order valence-corrected chi connectivity index (χ0v) is 13.9. The monoisotopic (exact) mass is 334 g/mol. The average molecular weight is 334 g/mol. The molecular formula is C18H24F2N4. The minimum Gasteiger partial charge on any atom is -0.397 e. The summed E-state index contributed by atoms with van der Waals surface area (Å²) in [5.41, 5.74) is 9.28. The number of pyridine rings is 1. The zero-order chi connectivity index (χ0) is 18.2. The summed E-state index contributed by atoms with van der Waals surface area (Å²) in [7, 11) is 1.85. The van der Waals surface area contributed by atoms with Gasteiger partial charge in [-0.3, -0.25) is 4.98 Å². The topological polar surface area (TPSA) is 63.0 Å². The van der Waals surface area contributed by atoms with Crippen LogP contribution in [0.15, 0.2) is 50.2 Å². The largest absolute Gasteiger partial charge is 0.397 e. The third-order valence-electron chi connectivity index (χ3n) is 3.48. The third kappa shape index (κ3) is 5.03. The lowest BCUT2D eigenvalue weighted by Crippen LogP contribution is -2.18. The first-order valence-electron chi connectivity index (χ1n) is 7.53. The first kappa shape index (κ1) is 19.6. The number of aromatic nitrogens is 1. The molecule has 1 aromatic carbocycles. The highest BCUT2D eigenvalue weighted by atomic mass is 19.3. The predicted octanol–water partition coefficient (Wildman–Crippen LogP) is 3.42. The van der Waals surface area contributed by atoms with E-state index in [0.29, 0.717) is 12.2 Å². The van der Waals surface area contributed by atoms with Gasteiger partial charge in [-0.25, -0.2) is 8.78 Å². The number of nitrogens with one attached hydrogen (secondary N) is 2. The summed E-state index contributed by atoms with van der Waals surface area (Å²) in [5.74, 6) is -2.42. The van der Waals surface area contributed by atoms with Gasteiger partial charge in [0.15, 0.2) is 0 Å². The molecular weight excluding hydrogens is 310 g/mol. The molecule has 4 nitrogen and oxygen atoms in total. The number of nitrogens with zero attached hydrogens (tertiary/aromatic N) is 1. The van der Waals surface area contributed by atoms with Crippen molar-refractivity contribution in [3.63, 3.8) is 0 Å². The molecule has 4 N–H and O–H groups in total. The molecule has 1 aliphatic rings. The molecule has 0 bridgehead atoms. The summed E-state index contributed by atoms with van der Waals surface area (Å²) in [6.07, 6.45) is 1.75. The van der Waals surface area contributed by atoms with Gasteiger partial charge in [-0.1, -0.05) is 18.7 Å². The summed E-state index contributed by atoms with van der Waals surface area (Å²) in [4.78, 5) is 4.26. The molecule has 3 rings (SSSR count). The summed E-state index contributed by atoms with van der Waals surface area (Å²) in [6.45, 7) is 10.3. The first-order valence-corrected chi connectivity index (χ1v) is 7.53. The van der Waals surface area contributed by atoms with E-state index in [9.17, 15) is 8.78 Å². The Bertz CT molecular complexity index is 678. The zero-order valence-electron chi connectivity index (χ0n) is 13.9. The lowest BCUT2D eigenvalue weighted by atomic mass is 10.1. The fourth-order valence-corrected chi connectivity index (χ4v) is 2.23. The highest BCUT2D eigenvalue weighted by Gasteiger charge is 2.32. The van der Waals surface area contributed by atoms with E-state index >= 15 is 0 Å². The van der Waals surface area contributed by atoms with Crippen LogP contribution >= 0.6 is 0 Å². The highest BCUT2D eigenvalue weighted by molar-refractivity contribution is 5.96. The van der Waals surface area contributed by atoms with E-state index in [4.69, 9.17) is 5.73 Å². The molecule has 1 fully saturated rings. The van der Waals surface area contributed by atoms with Crippen LogP contribution in [-0.4, -0.2) is 31.0 Å². The van der Waals surface area contributed by atoms with Crippen molar-refractivity contribution >= 4 is 22.3 Å². The summed E-state index contributed by atoms with van der Waals surface area (Å²) < 4.78 is 23.8. The molecule has 0 radical (unpaired) electrons. The number of nitrogens with two attached hydrogens (primary N) is 1. The van der Waals surface area contributed by atoms with Crippen molar-refractivity contribution in [3.05, 3.63) is 55.8 Å². The second-order valence-electron chi connectivity index (χ2n) is 5.11. The fraction of sp³-hybridized carbons (Fsp3) is 0.278. The first-order chi connectivity index (χ1) is 11.4. The lowest BCUT2D eigenvalue weighted by molar-refractivity contribution is 0.0238. The maximum absolute atomic E-state index is 11.9. The predicted molar refractivity (Wildman–Crippen MR) is 97.9 cm³/mol. The van der Waals surface area contributed by atoms with Crippen molar-refractivity contribution in [3.8, 4) is 0 Å². The number of para-hydroxylation sites is 1. The Morgan fingerprint density at radius 2 is 2.04 bits per heavy atom. The molecule has 2 aromatic rings. The van der Waals surface area contributed by atoms with Crippen molar-refractivity contribution in [1.29, 1.82) is 0 Å². The van der Waals surface area contributed by atoms with Gasteiger partial charge in [0, 0.05) is 42.9 Å². The molecule has 1 saturated heterocycles. The molecule has 2 heterocycles. The van der Waals surface area contributed by atoms with Gasteiger partial charge in [0.1, 0.15) is 0 Å². The fourth-order valence-electron chi connectivity index (χ4n) is 2.23. The summed E-state index contributed by atoms with van der Waals surface area (Å²) in [5, 5.41) is 6.62. The van der Waals surface area contributed by atoms with Crippen molar-refractivity contribution in [2.24, 2.45) is 0 Å². The van der Waals surface area contributed by atoms with Crippen molar-refractivity contribution in [2.75, 3.05) is 25.9 Å². The Morgan fingerprint density at radius 1 is 1.33 bits per heavy atom. The summed E-state index contributed by atoms with van der Waals surface area (Å²) in [6, 6.07) is 7.70. The average Bonchev–Trinajstić information content (AvgIpc) is 3.01. The molecule has 130 valence electrons. The Balaban J connectivity index is 0.000000268. The molecule has 0 amide bonds. The van der Waals surface area contributed by atoms with E-state index in [0.717, 1.165) is 22.2 Å². The van der Waals surface area contributed by atoms with E-state index in [1.807, 2.05) is 31.3 Å². The normalized spacial score (nSPS) is 14.8. The Kier molecular flexibility index (Phi) is 7.32. The van der Waals surface area contributed by atoms with Crippen LogP contribution in [0.2, 0.25) is 0 Å². The van der Waals surface area contributed by atoms with Crippen molar-refractivity contribution < 1.29 is 8.78 Å². The van der Waals surface area contributed by atoms with Crippen molar-refractivity contribution in [1.82, 2.24) is 15.6 Å². The third-order valence-corrected chi connectivity index (χ3v) is 3.48. The van der Waals surface area contributed by atoms with Crippen LogP contribution in [0.1, 0.15) is 12.0 Å². The van der Waals surface area contributed by atoms with E-state index in [1.165, 1.54) is 0 Å². The van der Waals surface area contributed by atoms with E-state index in [-0.39, 0.29) is 13.0 Å². The Labute approximate surface area is 141 Å². The maximum Gasteiger partial charge on any atom is 0.261 e. The van der Waals surface area contributed by atoms with Gasteiger partial charge in [0.2, 0.25) is 0 Å². The standard InChI is InChI=1S/C12H13N3.C4H7F2N.C2H4/c1-8(14-2)9-6-7-15-12-10(9)4-3-5-11(12)13;5-4(6)1-2-7-3-4;1-2/h3-7,14H,1,13H2,2H3;7H,1-3H2;1-2H2. The quantitative estimate of drug-likeness (QED) is 0.582. The van der Waals surface area contributed by atoms with Crippen LogP contribution in [0.4, 0.5) is 14.5 Å². The molecule has 1 aliphatic heterocycles. The second kappa shape index (κ2) is 8.98. The van der Waals surface area contributed by atoms with Crippen LogP contribution in [0.5, 0.6) is 0 Å². The molecule has 0 aliphatic carbocycles. The molecule has 0 atom stereocenters. The van der Waals surface area contributed by atoms with E-state index < -0.39 is 5.92 Å². The smallest absolute Gasteiger partial charge is 0.261 e. The van der Waals surface area contributed by atoms with Crippen LogP contribution in [0.3, 0.4) is 0 Å². The number of benzene rings is 1. The van der Waals surface area contributed by atoms with Gasteiger partial charge in [0.25, 0.3) is 5.92 Å². The lowest BCUT2D eigenvalue weighted by Gasteiger charge is -2.09. The Morgan fingerprint density at radius 3 is 2.54 bits per heavy atom. The van der Waals surface area contributed by atoms with Gasteiger partial charge in [0.05, 0.1) is 17.7 Å². The number of anilines is 1. The van der Waals surface area contributed by atoms with Crippen molar-refractivity contribution in [2.45, 2.75) is 12.3 Å².